The molecular formula is C19H20FN5O3S2. The van der Waals surface area contributed by atoms with E-state index in [1.165, 1.54) is 36.7 Å². The Kier molecular flexibility index (Phi) is 5.65. The van der Waals surface area contributed by atoms with Gasteiger partial charge < -0.3 is 10.6 Å². The van der Waals surface area contributed by atoms with E-state index in [1.807, 2.05) is 0 Å². The van der Waals surface area contributed by atoms with Crippen LogP contribution in [0.3, 0.4) is 0 Å². The molecule has 4 rings (SSSR count). The molecule has 1 aromatic carbocycles. The number of aromatic nitrogens is 3. The number of hydrogen-bond acceptors (Lipinski definition) is 8. The van der Waals surface area contributed by atoms with E-state index >= 15 is 0 Å². The molecule has 1 unspecified atom stereocenters. The molecule has 2 heterocycles. The first-order valence-electron chi connectivity index (χ1n) is 9.48. The van der Waals surface area contributed by atoms with Gasteiger partial charge in [-0.05, 0) is 31.0 Å². The number of nitrogens with one attached hydrogen (secondary N) is 2. The highest BCUT2D eigenvalue weighted by Crippen LogP contribution is 2.31. The van der Waals surface area contributed by atoms with E-state index in [-0.39, 0.29) is 17.6 Å². The second kappa shape index (κ2) is 8.23. The fourth-order valence-corrected chi connectivity index (χ4v) is 5.13. The van der Waals surface area contributed by atoms with Crippen molar-refractivity contribution in [3.05, 3.63) is 40.9 Å². The molecule has 1 aliphatic rings. The van der Waals surface area contributed by atoms with Crippen molar-refractivity contribution in [2.45, 2.75) is 32.2 Å². The first kappa shape index (κ1) is 20.6. The summed E-state index contributed by atoms with van der Waals surface area (Å²) in [5.41, 5.74) is 1.57. The molecule has 3 aromatic rings. The van der Waals surface area contributed by atoms with E-state index in [0.717, 1.165) is 17.0 Å². The van der Waals surface area contributed by atoms with Gasteiger partial charge in [0, 0.05) is 28.5 Å². The Balaban J connectivity index is 1.46. The molecule has 158 valence electrons. The third-order valence-electron chi connectivity index (χ3n) is 4.92. The predicted molar refractivity (Wildman–Crippen MR) is 114 cm³/mol. The van der Waals surface area contributed by atoms with Gasteiger partial charge in [0.2, 0.25) is 5.91 Å². The summed E-state index contributed by atoms with van der Waals surface area (Å²) in [5, 5.41) is 7.00. The number of halogens is 1. The van der Waals surface area contributed by atoms with E-state index < -0.39 is 21.5 Å². The predicted octanol–water partition coefficient (Wildman–Crippen LogP) is 2.57. The fraction of sp³-hybridized carbons (Fsp3) is 0.368. The summed E-state index contributed by atoms with van der Waals surface area (Å²) in [6.45, 7) is 1.51. The summed E-state index contributed by atoms with van der Waals surface area (Å²) in [4.78, 5) is 25.9. The highest BCUT2D eigenvalue weighted by molar-refractivity contribution is 7.92. The van der Waals surface area contributed by atoms with Gasteiger partial charge in [-0.2, -0.15) is 0 Å². The molecule has 1 atom stereocenters. The third-order valence-corrected chi connectivity index (χ3v) is 7.53. The van der Waals surface area contributed by atoms with Crippen LogP contribution in [0.2, 0.25) is 0 Å². The zero-order valence-corrected chi connectivity index (χ0v) is 17.8. The van der Waals surface area contributed by atoms with Gasteiger partial charge in [-0.3, -0.25) is 4.79 Å². The topological polar surface area (TPSA) is 114 Å². The zero-order valence-electron chi connectivity index (χ0n) is 16.2. The largest absolute Gasteiger partial charge is 0.366 e. The van der Waals surface area contributed by atoms with Gasteiger partial charge in [-0.15, -0.1) is 11.3 Å². The lowest BCUT2D eigenvalue weighted by atomic mass is 9.97. The molecular weight excluding hydrogens is 429 g/mol. The maximum absolute atomic E-state index is 13.7. The molecule has 0 saturated carbocycles. The summed E-state index contributed by atoms with van der Waals surface area (Å²) in [7, 11) is -3.39. The minimum absolute atomic E-state index is 0.0725. The number of sulfone groups is 1. The smallest absolute Gasteiger partial charge is 0.241 e. The van der Waals surface area contributed by atoms with E-state index in [4.69, 9.17) is 0 Å². The van der Waals surface area contributed by atoms with Crippen LogP contribution in [0.1, 0.15) is 23.9 Å². The maximum atomic E-state index is 13.7. The van der Waals surface area contributed by atoms with Crippen LogP contribution in [0.15, 0.2) is 24.5 Å². The van der Waals surface area contributed by atoms with Crippen molar-refractivity contribution in [1.82, 2.24) is 15.0 Å². The lowest BCUT2D eigenvalue weighted by molar-refractivity contribution is -0.113. The minimum Gasteiger partial charge on any atom is -0.366 e. The van der Waals surface area contributed by atoms with Crippen molar-refractivity contribution in [2.24, 2.45) is 0 Å². The highest BCUT2D eigenvalue weighted by atomic mass is 32.2. The number of anilines is 2. The van der Waals surface area contributed by atoms with Gasteiger partial charge >= 0.3 is 0 Å². The summed E-state index contributed by atoms with van der Waals surface area (Å²) >= 11 is 1.35. The lowest BCUT2D eigenvalue weighted by Gasteiger charge is -2.23. The number of hydrogen-bond donors (Lipinski definition) is 2. The Morgan fingerprint density at radius 2 is 2.17 bits per heavy atom. The molecule has 30 heavy (non-hydrogen) atoms. The Hall–Kier alpha value is -2.66. The van der Waals surface area contributed by atoms with Crippen LogP contribution in [-0.4, -0.2) is 46.8 Å². The molecule has 1 aliphatic carbocycles. The van der Waals surface area contributed by atoms with Crippen LogP contribution in [0.4, 0.5) is 15.3 Å². The van der Waals surface area contributed by atoms with E-state index in [2.05, 4.69) is 25.6 Å². The number of aryl methyl sites for hydroxylation is 1. The van der Waals surface area contributed by atoms with Crippen LogP contribution >= 0.6 is 11.3 Å². The summed E-state index contributed by atoms with van der Waals surface area (Å²) in [6.07, 6.45) is 3.64. The molecule has 0 radical (unpaired) electrons. The van der Waals surface area contributed by atoms with Crippen molar-refractivity contribution in [3.63, 3.8) is 0 Å². The normalized spacial score (nSPS) is 16.3. The summed E-state index contributed by atoms with van der Waals surface area (Å²) in [5.74, 6) is -0.971. The van der Waals surface area contributed by atoms with E-state index in [0.29, 0.717) is 34.7 Å². The average molecular weight is 450 g/mol. The first-order chi connectivity index (χ1) is 14.3. The Morgan fingerprint density at radius 3 is 2.97 bits per heavy atom. The second-order valence-corrected chi connectivity index (χ2v) is 10.5. The lowest BCUT2D eigenvalue weighted by Crippen LogP contribution is -2.27. The van der Waals surface area contributed by atoms with Crippen LogP contribution in [0.5, 0.6) is 0 Å². The number of thiazole rings is 1. The van der Waals surface area contributed by atoms with Gasteiger partial charge in [0.25, 0.3) is 0 Å². The molecule has 8 nitrogen and oxygen atoms in total. The van der Waals surface area contributed by atoms with Crippen LogP contribution in [-0.2, 0) is 27.5 Å². The molecule has 0 spiro atoms. The van der Waals surface area contributed by atoms with E-state index in [9.17, 15) is 17.6 Å². The van der Waals surface area contributed by atoms with Crippen molar-refractivity contribution in [3.8, 4) is 0 Å². The second-order valence-electron chi connectivity index (χ2n) is 7.08. The fourth-order valence-electron chi connectivity index (χ4n) is 3.35. The monoisotopic (exact) mass is 449 g/mol. The van der Waals surface area contributed by atoms with Gasteiger partial charge in [-0.1, -0.05) is 6.92 Å². The number of nitrogens with zero attached hydrogens (tertiary/aromatic N) is 3. The molecule has 2 aromatic heterocycles. The molecule has 1 amide bonds. The third kappa shape index (κ3) is 4.57. The number of carbonyl (C=O) groups excluding carboxylic acids is 1. The van der Waals surface area contributed by atoms with Crippen LogP contribution in [0.25, 0.3) is 10.9 Å². The Morgan fingerprint density at radius 1 is 1.33 bits per heavy atom. The standard InChI is InChI=1S/C19H20FN5O3S2/c1-2-30(27,28)9-17(26)25-19-24-15-6-4-12(8-16(15)29-19)23-18-13-7-11(20)3-5-14(13)21-10-22-18/h3,5,7,10,12H,2,4,6,8-9H2,1H3,(H,21,22,23)(H,24,25,26). The van der Waals surface area contributed by atoms with Gasteiger partial charge in [-0.25, -0.2) is 27.8 Å². The molecule has 0 fully saturated rings. The van der Waals surface area contributed by atoms with Gasteiger partial charge in [0.05, 0.1) is 11.2 Å². The van der Waals surface area contributed by atoms with Crippen molar-refractivity contribution < 1.29 is 17.6 Å². The summed E-state index contributed by atoms with van der Waals surface area (Å²) < 4.78 is 36.9. The van der Waals surface area contributed by atoms with Gasteiger partial charge in [0.15, 0.2) is 15.0 Å². The average Bonchev–Trinajstić information content (AvgIpc) is 3.09. The van der Waals surface area contributed by atoms with Gasteiger partial charge in [0.1, 0.15) is 23.7 Å². The number of benzene rings is 1. The molecule has 0 saturated heterocycles. The summed E-state index contributed by atoms with van der Waals surface area (Å²) in [6, 6.07) is 4.47. The van der Waals surface area contributed by atoms with Crippen LogP contribution < -0.4 is 10.6 Å². The van der Waals surface area contributed by atoms with E-state index in [1.54, 1.807) is 6.07 Å². The number of fused-ring (bicyclic) bond motifs is 2. The minimum atomic E-state index is -3.39. The quantitative estimate of drug-likeness (QED) is 0.594. The Bertz CT molecular complexity index is 1210. The zero-order chi connectivity index (χ0) is 21.3. The maximum Gasteiger partial charge on any atom is 0.241 e. The van der Waals surface area contributed by atoms with Crippen molar-refractivity contribution in [1.29, 1.82) is 0 Å². The molecule has 0 bridgehead atoms. The highest BCUT2D eigenvalue weighted by Gasteiger charge is 2.24. The molecule has 11 heteroatoms. The number of rotatable bonds is 6. The number of carbonyl (C=O) groups is 1. The van der Waals surface area contributed by atoms with Crippen molar-refractivity contribution >= 4 is 48.9 Å². The Labute approximate surface area is 176 Å². The molecule has 0 aliphatic heterocycles. The number of amides is 1. The van der Waals surface area contributed by atoms with Crippen molar-refractivity contribution in [2.75, 3.05) is 22.1 Å². The SMILES string of the molecule is CCS(=O)(=O)CC(=O)Nc1nc2c(s1)CC(Nc1ncnc3ccc(F)cc13)CC2. The molecule has 2 N–H and O–H groups in total. The van der Waals surface area contributed by atoms with Crippen LogP contribution in [0, 0.1) is 5.82 Å². The first-order valence-corrected chi connectivity index (χ1v) is 12.1.